The van der Waals surface area contributed by atoms with Gasteiger partial charge in [-0.15, -0.1) is 0 Å². The van der Waals surface area contributed by atoms with Crippen molar-refractivity contribution in [3.63, 3.8) is 0 Å². The third-order valence-corrected chi connectivity index (χ3v) is 11.7. The number of ether oxygens (including phenoxy) is 1. The van der Waals surface area contributed by atoms with E-state index in [1.54, 1.807) is 6.08 Å². The van der Waals surface area contributed by atoms with Crippen LogP contribution >= 0.6 is 0 Å². The first-order valence-electron chi connectivity index (χ1n) is 14.1. The summed E-state index contributed by atoms with van der Waals surface area (Å²) >= 11 is 0. The van der Waals surface area contributed by atoms with Crippen LogP contribution in [-0.4, -0.2) is 66.4 Å². The zero-order valence-electron chi connectivity index (χ0n) is 21.5. The van der Waals surface area contributed by atoms with Crippen molar-refractivity contribution in [3.8, 4) is 0 Å². The van der Waals surface area contributed by atoms with Crippen LogP contribution in [0.4, 0.5) is 4.79 Å². The van der Waals surface area contributed by atoms with Gasteiger partial charge in [-0.2, -0.15) is 0 Å². The third-order valence-electron chi connectivity index (χ3n) is 11.7. The third kappa shape index (κ3) is 3.58. The summed E-state index contributed by atoms with van der Waals surface area (Å²) in [5, 5.41) is 19.0. The van der Waals surface area contributed by atoms with Crippen LogP contribution < -0.4 is 10.6 Å². The van der Waals surface area contributed by atoms with Gasteiger partial charge in [-0.25, -0.2) is 9.59 Å². The average molecular weight is 486 g/mol. The number of hydrogen-bond donors (Lipinski definition) is 3. The second-order valence-electron chi connectivity index (χ2n) is 12.9. The summed E-state index contributed by atoms with van der Waals surface area (Å²) in [6.45, 7) is 8.53. The molecular weight excluding hydrogens is 442 g/mol. The Labute approximate surface area is 209 Å². The number of piperazine rings is 1. The number of nitrogens with zero attached hydrogens (tertiary/aromatic N) is 1. The number of fused-ring (bicyclic) bond motifs is 5. The van der Waals surface area contributed by atoms with Gasteiger partial charge >= 0.3 is 12.0 Å². The maximum Gasteiger partial charge on any atom is 0.331 e. The number of cyclic esters (lactones) is 1. The van der Waals surface area contributed by atoms with Crippen LogP contribution in [0.15, 0.2) is 11.6 Å². The Morgan fingerprint density at radius 1 is 1.09 bits per heavy atom. The molecule has 1 saturated heterocycles. The summed E-state index contributed by atoms with van der Waals surface area (Å²) in [5.74, 6) is 1.51. The Hall–Kier alpha value is -1.60. The minimum absolute atomic E-state index is 0.109. The number of esters is 1. The smallest absolute Gasteiger partial charge is 0.331 e. The van der Waals surface area contributed by atoms with Gasteiger partial charge < -0.3 is 25.4 Å². The summed E-state index contributed by atoms with van der Waals surface area (Å²) in [7, 11) is 0. The van der Waals surface area contributed by atoms with E-state index < -0.39 is 5.60 Å². The first-order valence-corrected chi connectivity index (χ1v) is 14.1. The Kier molecular flexibility index (Phi) is 5.76. The summed E-state index contributed by atoms with van der Waals surface area (Å²) in [6, 6.07) is 0.379. The number of hydrogen-bond acceptors (Lipinski definition) is 5. The summed E-state index contributed by atoms with van der Waals surface area (Å²) in [5.41, 5.74) is 0.507. The normalized spacial score (nSPS) is 47.3. The monoisotopic (exact) mass is 485 g/mol. The van der Waals surface area contributed by atoms with E-state index in [0.717, 1.165) is 89.5 Å². The molecule has 3 N–H and O–H groups in total. The number of nitrogens with one attached hydrogen (secondary N) is 2. The van der Waals surface area contributed by atoms with E-state index in [2.05, 4.69) is 24.5 Å². The molecule has 194 valence electrons. The first-order chi connectivity index (χ1) is 16.7. The molecule has 0 unspecified atom stereocenters. The molecule has 0 radical (unpaired) electrons. The van der Waals surface area contributed by atoms with E-state index >= 15 is 0 Å². The summed E-state index contributed by atoms with van der Waals surface area (Å²) in [6.07, 6.45) is 11.1. The largest absolute Gasteiger partial charge is 0.458 e. The van der Waals surface area contributed by atoms with Crippen LogP contribution in [0.5, 0.6) is 0 Å². The molecule has 4 saturated carbocycles. The van der Waals surface area contributed by atoms with Gasteiger partial charge in [0.05, 0.1) is 5.60 Å². The maximum atomic E-state index is 12.8. The number of aliphatic hydroxyl groups is 1. The van der Waals surface area contributed by atoms with Crippen molar-refractivity contribution in [2.45, 2.75) is 83.3 Å². The molecule has 7 nitrogen and oxygen atoms in total. The van der Waals surface area contributed by atoms with Gasteiger partial charge in [0.25, 0.3) is 0 Å². The molecule has 2 amide bonds. The fraction of sp³-hybridized carbons (Fsp3) is 0.857. The van der Waals surface area contributed by atoms with Crippen molar-refractivity contribution in [3.05, 3.63) is 11.6 Å². The minimum atomic E-state index is -0.658. The highest BCUT2D eigenvalue weighted by Crippen LogP contribution is 2.69. The highest BCUT2D eigenvalue weighted by Gasteiger charge is 2.67. The second-order valence-corrected chi connectivity index (χ2v) is 12.9. The molecule has 0 aromatic carbocycles. The van der Waals surface area contributed by atoms with Crippen molar-refractivity contribution in [2.75, 3.05) is 32.8 Å². The van der Waals surface area contributed by atoms with Crippen molar-refractivity contribution in [1.82, 2.24) is 15.5 Å². The molecular formula is C28H43N3O4. The van der Waals surface area contributed by atoms with Crippen molar-refractivity contribution in [2.24, 2.45) is 34.5 Å². The predicted octanol–water partition coefficient (Wildman–Crippen LogP) is 3.23. The van der Waals surface area contributed by atoms with E-state index in [4.69, 9.17) is 4.74 Å². The van der Waals surface area contributed by atoms with E-state index in [0.29, 0.717) is 24.4 Å². The molecule has 6 aliphatic rings. The number of carbonyl (C=O) groups is 2. The number of amides is 2. The van der Waals surface area contributed by atoms with Crippen LogP contribution in [0, 0.1) is 34.5 Å². The van der Waals surface area contributed by atoms with E-state index in [1.165, 1.54) is 0 Å². The maximum absolute atomic E-state index is 12.8. The SMILES string of the molecule is C[C@]12CC[C@H](NC(=O)N3CCNCC3)C[C@H]1CC[C@@H]1[C@@H]2CC[C@]2(C)[C@@H](C3=CC(=O)OC3)CC[C@]12O. The second kappa shape index (κ2) is 8.47. The molecule has 0 bridgehead atoms. The van der Waals surface area contributed by atoms with E-state index in [9.17, 15) is 14.7 Å². The Morgan fingerprint density at radius 2 is 1.89 bits per heavy atom. The lowest BCUT2D eigenvalue weighted by Gasteiger charge is -2.64. The summed E-state index contributed by atoms with van der Waals surface area (Å²) in [4.78, 5) is 26.5. The number of urea groups is 1. The fourth-order valence-corrected chi connectivity index (χ4v) is 9.67. The lowest BCUT2D eigenvalue weighted by Crippen LogP contribution is -2.63. The van der Waals surface area contributed by atoms with Gasteiger partial charge in [-0.1, -0.05) is 13.8 Å². The standard InChI is InChI=1S/C28H43N3O4/c1-26-8-5-20(30-25(33)31-13-11-29-12-14-31)16-19(26)3-4-23-22(26)6-9-27(2)21(7-10-28(23,27)34)18-15-24(32)35-17-18/h15,19-23,29,34H,3-14,16-17H2,1-2H3,(H,30,33)/t19-,20+,21-,22+,23-,26+,27-,28+/m1/s1. The van der Waals surface area contributed by atoms with Crippen LogP contribution in [0.1, 0.15) is 71.6 Å². The average Bonchev–Trinajstić information content (AvgIpc) is 3.39. The van der Waals surface area contributed by atoms with Gasteiger partial charge in [-0.05, 0) is 92.4 Å². The molecule has 35 heavy (non-hydrogen) atoms. The first kappa shape index (κ1) is 23.8. The highest BCUT2D eigenvalue weighted by molar-refractivity contribution is 5.85. The highest BCUT2D eigenvalue weighted by atomic mass is 16.5. The molecule has 0 aromatic heterocycles. The Balaban J connectivity index is 1.16. The quantitative estimate of drug-likeness (QED) is 0.523. The summed E-state index contributed by atoms with van der Waals surface area (Å²) < 4.78 is 5.26. The molecule has 2 aliphatic heterocycles. The lowest BCUT2D eigenvalue weighted by molar-refractivity contribution is -0.204. The van der Waals surface area contributed by atoms with Gasteiger partial charge in [0.1, 0.15) is 6.61 Å². The molecule has 0 spiro atoms. The van der Waals surface area contributed by atoms with Gasteiger partial charge in [0.15, 0.2) is 0 Å². The molecule has 6 rings (SSSR count). The van der Waals surface area contributed by atoms with Crippen molar-refractivity contribution < 1.29 is 19.4 Å². The molecule has 8 atom stereocenters. The molecule has 0 aromatic rings. The Morgan fingerprint density at radius 3 is 2.63 bits per heavy atom. The van der Waals surface area contributed by atoms with Crippen molar-refractivity contribution in [1.29, 1.82) is 0 Å². The lowest BCUT2D eigenvalue weighted by atomic mass is 9.43. The van der Waals surface area contributed by atoms with E-state index in [1.807, 2.05) is 4.90 Å². The van der Waals surface area contributed by atoms with Crippen LogP contribution in [0.2, 0.25) is 0 Å². The van der Waals surface area contributed by atoms with Gasteiger partial charge in [0, 0.05) is 43.7 Å². The zero-order chi connectivity index (χ0) is 24.4. The van der Waals surface area contributed by atoms with Gasteiger partial charge in [-0.3, -0.25) is 0 Å². The van der Waals surface area contributed by atoms with Crippen LogP contribution in [-0.2, 0) is 9.53 Å². The van der Waals surface area contributed by atoms with Crippen LogP contribution in [0.25, 0.3) is 0 Å². The van der Waals surface area contributed by atoms with Crippen LogP contribution in [0.3, 0.4) is 0 Å². The molecule has 5 fully saturated rings. The van der Waals surface area contributed by atoms with Crippen molar-refractivity contribution >= 4 is 12.0 Å². The zero-order valence-corrected chi connectivity index (χ0v) is 21.5. The number of rotatable bonds is 2. The Bertz CT molecular complexity index is 916. The molecule has 7 heteroatoms. The molecule has 2 heterocycles. The predicted molar refractivity (Wildman–Crippen MR) is 132 cm³/mol. The molecule has 4 aliphatic carbocycles. The minimum Gasteiger partial charge on any atom is -0.458 e. The van der Waals surface area contributed by atoms with Gasteiger partial charge in [0.2, 0.25) is 0 Å². The van der Waals surface area contributed by atoms with E-state index in [-0.39, 0.29) is 34.8 Å². The topological polar surface area (TPSA) is 90.9 Å². The number of carbonyl (C=O) groups excluding carboxylic acids is 2. The fourth-order valence-electron chi connectivity index (χ4n) is 9.67.